The summed E-state index contributed by atoms with van der Waals surface area (Å²) in [5, 5.41) is 14.4. The molecular formula is C18H13FN4O2. The normalized spacial score (nSPS) is 10.1. The Morgan fingerprint density at radius 3 is 2.84 bits per heavy atom. The van der Waals surface area contributed by atoms with Gasteiger partial charge >= 0.3 is 0 Å². The largest absolute Gasteiger partial charge is 0.469 e. The van der Waals surface area contributed by atoms with Gasteiger partial charge in [0.2, 0.25) is 0 Å². The fourth-order valence-electron chi connectivity index (χ4n) is 2.22. The number of furan rings is 1. The van der Waals surface area contributed by atoms with Gasteiger partial charge in [-0.1, -0.05) is 6.07 Å². The van der Waals surface area contributed by atoms with E-state index in [9.17, 15) is 9.18 Å². The van der Waals surface area contributed by atoms with Crippen molar-refractivity contribution in [1.82, 2.24) is 4.98 Å². The molecular weight excluding hydrogens is 323 g/mol. The first-order valence-corrected chi connectivity index (χ1v) is 7.36. The van der Waals surface area contributed by atoms with Gasteiger partial charge in [0.25, 0.3) is 5.91 Å². The lowest BCUT2D eigenvalue weighted by molar-refractivity contribution is 0.102. The highest BCUT2D eigenvalue weighted by Crippen LogP contribution is 2.23. The molecule has 3 aromatic rings. The zero-order valence-electron chi connectivity index (χ0n) is 13.2. The molecule has 0 bridgehead atoms. The first-order valence-electron chi connectivity index (χ1n) is 7.36. The summed E-state index contributed by atoms with van der Waals surface area (Å²) in [6.45, 7) is 1.65. The summed E-state index contributed by atoms with van der Waals surface area (Å²) >= 11 is 0. The number of hydrogen-bond acceptors (Lipinski definition) is 5. The Bertz CT molecular complexity index is 975. The van der Waals surface area contributed by atoms with Gasteiger partial charge in [-0.3, -0.25) is 4.79 Å². The van der Waals surface area contributed by atoms with Crippen LogP contribution in [0.15, 0.2) is 53.1 Å². The summed E-state index contributed by atoms with van der Waals surface area (Å²) in [4.78, 5) is 16.3. The standard InChI is InChI=1S/C18H13FN4O2/c1-11-14(7-8-25-11)18(24)23-16-9-12(5-6-15(16)19)21-17-4-2-3-13(10-20)22-17/h2-9H,1H3,(H,21,22)(H,23,24). The van der Waals surface area contributed by atoms with Crippen molar-refractivity contribution in [3.05, 3.63) is 71.6 Å². The van der Waals surface area contributed by atoms with Crippen molar-refractivity contribution >= 4 is 23.1 Å². The number of hydrogen-bond donors (Lipinski definition) is 2. The molecule has 0 unspecified atom stereocenters. The Labute approximate surface area is 142 Å². The predicted octanol–water partition coefficient (Wildman–Crippen LogP) is 3.99. The molecule has 0 fully saturated rings. The van der Waals surface area contributed by atoms with Crippen LogP contribution in [0.1, 0.15) is 21.8 Å². The van der Waals surface area contributed by atoms with Crippen molar-refractivity contribution in [3.8, 4) is 6.07 Å². The second kappa shape index (κ2) is 6.84. The number of aryl methyl sites for hydroxylation is 1. The van der Waals surface area contributed by atoms with Crippen LogP contribution >= 0.6 is 0 Å². The maximum absolute atomic E-state index is 14.0. The van der Waals surface area contributed by atoms with Crippen LogP contribution in [0.5, 0.6) is 0 Å². The Morgan fingerprint density at radius 1 is 1.28 bits per heavy atom. The van der Waals surface area contributed by atoms with E-state index in [0.717, 1.165) is 0 Å². The molecule has 3 rings (SSSR count). The molecule has 0 saturated carbocycles. The number of aromatic nitrogens is 1. The van der Waals surface area contributed by atoms with Crippen molar-refractivity contribution < 1.29 is 13.6 Å². The maximum Gasteiger partial charge on any atom is 0.259 e. The lowest BCUT2D eigenvalue weighted by atomic mass is 10.2. The molecule has 0 aliphatic heterocycles. The van der Waals surface area contributed by atoms with E-state index >= 15 is 0 Å². The van der Waals surface area contributed by atoms with E-state index in [0.29, 0.717) is 22.8 Å². The molecule has 0 saturated heterocycles. The number of carbonyl (C=O) groups excluding carboxylic acids is 1. The monoisotopic (exact) mass is 336 g/mol. The highest BCUT2D eigenvalue weighted by Gasteiger charge is 2.14. The number of carbonyl (C=O) groups is 1. The van der Waals surface area contributed by atoms with Gasteiger partial charge in [0.05, 0.1) is 17.5 Å². The van der Waals surface area contributed by atoms with Gasteiger partial charge in [0.1, 0.15) is 29.2 Å². The number of amides is 1. The number of anilines is 3. The summed E-state index contributed by atoms with van der Waals surface area (Å²) in [5.41, 5.74) is 1.13. The summed E-state index contributed by atoms with van der Waals surface area (Å²) < 4.78 is 19.1. The van der Waals surface area contributed by atoms with Crippen molar-refractivity contribution in [2.24, 2.45) is 0 Å². The zero-order valence-corrected chi connectivity index (χ0v) is 13.2. The zero-order chi connectivity index (χ0) is 17.8. The van der Waals surface area contributed by atoms with Gasteiger partial charge in [0.15, 0.2) is 0 Å². The predicted molar refractivity (Wildman–Crippen MR) is 90.0 cm³/mol. The molecule has 6 nitrogen and oxygen atoms in total. The van der Waals surface area contributed by atoms with Gasteiger partial charge in [-0.25, -0.2) is 9.37 Å². The van der Waals surface area contributed by atoms with Crippen LogP contribution < -0.4 is 10.6 Å². The van der Waals surface area contributed by atoms with E-state index in [1.165, 1.54) is 30.5 Å². The van der Waals surface area contributed by atoms with Gasteiger partial charge in [-0.15, -0.1) is 0 Å². The molecule has 0 aliphatic carbocycles. The van der Waals surface area contributed by atoms with Crippen LogP contribution in [0.25, 0.3) is 0 Å². The topological polar surface area (TPSA) is 91.0 Å². The number of nitrogens with one attached hydrogen (secondary N) is 2. The molecule has 1 amide bonds. The van der Waals surface area contributed by atoms with E-state index < -0.39 is 11.7 Å². The van der Waals surface area contributed by atoms with Crippen LogP contribution in [0, 0.1) is 24.1 Å². The molecule has 2 aromatic heterocycles. The quantitative estimate of drug-likeness (QED) is 0.752. The summed E-state index contributed by atoms with van der Waals surface area (Å²) in [5.74, 6) is -0.149. The molecule has 2 heterocycles. The van der Waals surface area contributed by atoms with Crippen molar-refractivity contribution in [1.29, 1.82) is 5.26 Å². The Kier molecular flexibility index (Phi) is 4.44. The van der Waals surface area contributed by atoms with E-state index in [4.69, 9.17) is 9.68 Å². The lowest BCUT2D eigenvalue weighted by Gasteiger charge is -2.10. The first kappa shape index (κ1) is 16.2. The average molecular weight is 336 g/mol. The van der Waals surface area contributed by atoms with Crippen LogP contribution in [0.3, 0.4) is 0 Å². The molecule has 1 aromatic carbocycles. The SMILES string of the molecule is Cc1occc1C(=O)Nc1cc(Nc2cccc(C#N)n2)ccc1F. The third-order valence-corrected chi connectivity index (χ3v) is 3.45. The number of nitriles is 1. The van der Waals surface area contributed by atoms with Gasteiger partial charge in [-0.2, -0.15) is 5.26 Å². The van der Waals surface area contributed by atoms with Crippen molar-refractivity contribution in [2.75, 3.05) is 10.6 Å². The Hall–Kier alpha value is -3.66. The smallest absolute Gasteiger partial charge is 0.259 e. The van der Waals surface area contributed by atoms with E-state index in [1.54, 1.807) is 25.1 Å². The van der Waals surface area contributed by atoms with Crippen LogP contribution in [-0.4, -0.2) is 10.9 Å². The maximum atomic E-state index is 14.0. The Morgan fingerprint density at radius 2 is 2.12 bits per heavy atom. The van der Waals surface area contributed by atoms with E-state index in [1.807, 2.05) is 6.07 Å². The van der Waals surface area contributed by atoms with Crippen LogP contribution in [0.2, 0.25) is 0 Å². The third kappa shape index (κ3) is 3.64. The van der Waals surface area contributed by atoms with E-state index in [-0.39, 0.29) is 11.4 Å². The molecule has 0 spiro atoms. The molecule has 25 heavy (non-hydrogen) atoms. The number of benzene rings is 1. The summed E-state index contributed by atoms with van der Waals surface area (Å²) in [7, 11) is 0. The number of pyridine rings is 1. The minimum absolute atomic E-state index is 0.0204. The molecule has 2 N–H and O–H groups in total. The second-order valence-corrected chi connectivity index (χ2v) is 5.18. The van der Waals surface area contributed by atoms with Crippen LogP contribution in [0.4, 0.5) is 21.6 Å². The average Bonchev–Trinajstić information content (AvgIpc) is 3.04. The molecule has 0 aliphatic rings. The van der Waals surface area contributed by atoms with Gasteiger partial charge in [0, 0.05) is 5.69 Å². The molecule has 7 heteroatoms. The summed E-state index contributed by atoms with van der Waals surface area (Å²) in [6, 6.07) is 12.6. The number of nitrogens with zero attached hydrogens (tertiary/aromatic N) is 2. The minimum atomic E-state index is -0.571. The lowest BCUT2D eigenvalue weighted by Crippen LogP contribution is -2.13. The highest BCUT2D eigenvalue weighted by atomic mass is 19.1. The molecule has 0 radical (unpaired) electrons. The van der Waals surface area contributed by atoms with Gasteiger partial charge < -0.3 is 15.1 Å². The molecule has 0 atom stereocenters. The molecule has 124 valence electrons. The second-order valence-electron chi connectivity index (χ2n) is 5.18. The Balaban J connectivity index is 1.82. The summed E-state index contributed by atoms with van der Waals surface area (Å²) in [6.07, 6.45) is 1.40. The number of halogens is 1. The van der Waals surface area contributed by atoms with E-state index in [2.05, 4.69) is 15.6 Å². The number of rotatable bonds is 4. The van der Waals surface area contributed by atoms with Gasteiger partial charge in [-0.05, 0) is 43.3 Å². The third-order valence-electron chi connectivity index (χ3n) is 3.45. The van der Waals surface area contributed by atoms with Crippen LogP contribution in [-0.2, 0) is 0 Å². The van der Waals surface area contributed by atoms with Crippen molar-refractivity contribution in [2.45, 2.75) is 6.92 Å². The van der Waals surface area contributed by atoms with Crippen molar-refractivity contribution in [3.63, 3.8) is 0 Å². The minimum Gasteiger partial charge on any atom is -0.469 e. The highest BCUT2D eigenvalue weighted by molar-refractivity contribution is 6.05. The first-order chi connectivity index (χ1) is 12.1. The fraction of sp³-hybridized carbons (Fsp3) is 0.0556. The fourth-order valence-corrected chi connectivity index (χ4v) is 2.22.